The van der Waals surface area contributed by atoms with Crippen molar-refractivity contribution in [3.8, 4) is 0 Å². The molecule has 2 N–H and O–H groups in total. The van der Waals surface area contributed by atoms with Crippen molar-refractivity contribution in [3.05, 3.63) is 34.3 Å². The van der Waals surface area contributed by atoms with E-state index in [9.17, 15) is 9.59 Å². The second-order valence-electron chi connectivity index (χ2n) is 4.77. The summed E-state index contributed by atoms with van der Waals surface area (Å²) in [6.07, 6.45) is 3.57. The first-order chi connectivity index (χ1) is 9.50. The molecule has 0 aliphatic heterocycles. The van der Waals surface area contributed by atoms with Gasteiger partial charge in [0.2, 0.25) is 0 Å². The maximum Gasteiger partial charge on any atom is 0.303 e. The minimum atomic E-state index is -0.753. The van der Waals surface area contributed by atoms with Gasteiger partial charge in [0.15, 0.2) is 0 Å². The van der Waals surface area contributed by atoms with Crippen LogP contribution >= 0.6 is 11.6 Å². The Morgan fingerprint density at radius 2 is 1.90 bits per heavy atom. The van der Waals surface area contributed by atoms with Gasteiger partial charge in [-0.15, -0.1) is 0 Å². The van der Waals surface area contributed by atoms with E-state index in [-0.39, 0.29) is 12.3 Å². The maximum absolute atomic E-state index is 11.9. The van der Waals surface area contributed by atoms with Crippen molar-refractivity contribution < 1.29 is 14.7 Å². The number of carbonyl (C=O) groups is 2. The summed E-state index contributed by atoms with van der Waals surface area (Å²) in [5, 5.41) is 12.0. The van der Waals surface area contributed by atoms with Crippen molar-refractivity contribution in [2.75, 3.05) is 6.54 Å². The standard InChI is InChI=1S/C15H20ClNO3/c1-11-10-12(16)7-8-13(11)15(20)17-9-5-3-2-4-6-14(18)19/h7-8,10H,2-6,9H2,1H3,(H,17,20)(H,18,19). The molecular weight excluding hydrogens is 278 g/mol. The number of unbranched alkanes of at least 4 members (excludes halogenated alkanes) is 3. The van der Waals surface area contributed by atoms with Crippen LogP contribution in [0.5, 0.6) is 0 Å². The Bertz CT molecular complexity index is 474. The van der Waals surface area contributed by atoms with Crippen LogP contribution in [0.3, 0.4) is 0 Å². The first-order valence-electron chi connectivity index (χ1n) is 6.77. The summed E-state index contributed by atoms with van der Waals surface area (Å²) in [5.74, 6) is -0.846. The van der Waals surface area contributed by atoms with E-state index in [4.69, 9.17) is 16.7 Å². The summed E-state index contributed by atoms with van der Waals surface area (Å²) >= 11 is 5.85. The first kappa shape index (κ1) is 16.5. The highest BCUT2D eigenvalue weighted by molar-refractivity contribution is 6.30. The Balaban J connectivity index is 2.22. The minimum absolute atomic E-state index is 0.0929. The van der Waals surface area contributed by atoms with Crippen molar-refractivity contribution in [1.82, 2.24) is 5.32 Å². The molecule has 20 heavy (non-hydrogen) atoms. The van der Waals surface area contributed by atoms with Gasteiger partial charge in [0, 0.05) is 23.6 Å². The normalized spacial score (nSPS) is 10.3. The molecule has 0 saturated carbocycles. The summed E-state index contributed by atoms with van der Waals surface area (Å²) in [6, 6.07) is 5.19. The van der Waals surface area contributed by atoms with Crippen LogP contribution in [-0.4, -0.2) is 23.5 Å². The lowest BCUT2D eigenvalue weighted by molar-refractivity contribution is -0.137. The van der Waals surface area contributed by atoms with Crippen molar-refractivity contribution in [1.29, 1.82) is 0 Å². The van der Waals surface area contributed by atoms with Gasteiger partial charge in [-0.2, -0.15) is 0 Å². The number of carboxylic acid groups (broad SMARTS) is 1. The molecule has 0 aliphatic carbocycles. The summed E-state index contributed by atoms with van der Waals surface area (Å²) in [6.45, 7) is 2.46. The topological polar surface area (TPSA) is 66.4 Å². The second kappa shape index (κ2) is 8.59. The summed E-state index contributed by atoms with van der Waals surface area (Å²) in [7, 11) is 0. The van der Waals surface area contributed by atoms with Crippen molar-refractivity contribution in [2.45, 2.75) is 39.0 Å². The zero-order chi connectivity index (χ0) is 15.0. The molecule has 0 unspecified atom stereocenters. The highest BCUT2D eigenvalue weighted by Gasteiger charge is 2.08. The molecule has 0 radical (unpaired) electrons. The van der Waals surface area contributed by atoms with E-state index < -0.39 is 5.97 Å². The van der Waals surface area contributed by atoms with Gasteiger partial charge < -0.3 is 10.4 Å². The van der Waals surface area contributed by atoms with Gasteiger partial charge in [0.25, 0.3) is 5.91 Å². The quantitative estimate of drug-likeness (QED) is 0.723. The van der Waals surface area contributed by atoms with E-state index in [0.29, 0.717) is 23.6 Å². The Morgan fingerprint density at radius 3 is 2.55 bits per heavy atom. The first-order valence-corrected chi connectivity index (χ1v) is 7.14. The molecule has 0 fully saturated rings. The molecule has 1 aromatic rings. The number of carboxylic acids is 1. The van der Waals surface area contributed by atoms with Gasteiger partial charge in [-0.25, -0.2) is 0 Å². The van der Waals surface area contributed by atoms with Crippen LogP contribution < -0.4 is 5.32 Å². The van der Waals surface area contributed by atoms with Crippen molar-refractivity contribution >= 4 is 23.5 Å². The van der Waals surface area contributed by atoms with E-state index >= 15 is 0 Å². The van der Waals surface area contributed by atoms with E-state index in [2.05, 4.69) is 5.32 Å². The molecular formula is C15H20ClNO3. The van der Waals surface area contributed by atoms with Gasteiger partial charge in [-0.1, -0.05) is 24.4 Å². The largest absolute Gasteiger partial charge is 0.481 e. The molecule has 4 nitrogen and oxygen atoms in total. The number of rotatable bonds is 8. The number of nitrogens with one attached hydrogen (secondary N) is 1. The van der Waals surface area contributed by atoms with Gasteiger partial charge in [0.05, 0.1) is 0 Å². The third-order valence-electron chi connectivity index (χ3n) is 3.04. The molecule has 5 heteroatoms. The van der Waals surface area contributed by atoms with Crippen LogP contribution in [0, 0.1) is 6.92 Å². The van der Waals surface area contributed by atoms with E-state index in [1.54, 1.807) is 18.2 Å². The second-order valence-corrected chi connectivity index (χ2v) is 5.21. The predicted molar refractivity (Wildman–Crippen MR) is 79.2 cm³/mol. The van der Waals surface area contributed by atoms with Crippen molar-refractivity contribution in [2.24, 2.45) is 0 Å². The average molecular weight is 298 g/mol. The molecule has 1 rings (SSSR count). The highest BCUT2D eigenvalue weighted by Crippen LogP contribution is 2.15. The number of hydrogen-bond acceptors (Lipinski definition) is 2. The van der Waals surface area contributed by atoms with Crippen LogP contribution in [0.2, 0.25) is 5.02 Å². The number of carbonyl (C=O) groups excluding carboxylic acids is 1. The molecule has 0 atom stereocenters. The minimum Gasteiger partial charge on any atom is -0.481 e. The Labute approximate surface area is 124 Å². The Morgan fingerprint density at radius 1 is 1.20 bits per heavy atom. The van der Waals surface area contributed by atoms with Crippen LogP contribution in [0.15, 0.2) is 18.2 Å². The fourth-order valence-electron chi connectivity index (χ4n) is 1.93. The van der Waals surface area contributed by atoms with Gasteiger partial charge >= 0.3 is 5.97 Å². The van der Waals surface area contributed by atoms with Gasteiger partial charge in [-0.05, 0) is 43.5 Å². The lowest BCUT2D eigenvalue weighted by atomic mass is 10.1. The van der Waals surface area contributed by atoms with Crippen LogP contribution in [-0.2, 0) is 4.79 Å². The molecule has 1 aromatic carbocycles. The summed E-state index contributed by atoms with van der Waals surface area (Å²) in [5.41, 5.74) is 1.50. The number of aliphatic carboxylic acids is 1. The van der Waals surface area contributed by atoms with E-state index in [1.807, 2.05) is 6.92 Å². The van der Waals surface area contributed by atoms with Gasteiger partial charge in [0.1, 0.15) is 0 Å². The fourth-order valence-corrected chi connectivity index (χ4v) is 2.16. The lowest BCUT2D eigenvalue weighted by Crippen LogP contribution is -2.25. The molecule has 0 bridgehead atoms. The Kier molecular flexibility index (Phi) is 7.09. The number of aryl methyl sites for hydroxylation is 1. The molecule has 0 saturated heterocycles. The van der Waals surface area contributed by atoms with E-state index in [1.165, 1.54) is 0 Å². The fraction of sp³-hybridized carbons (Fsp3) is 0.467. The number of amides is 1. The zero-order valence-electron chi connectivity index (χ0n) is 11.6. The average Bonchev–Trinajstić information content (AvgIpc) is 2.37. The third kappa shape index (κ3) is 6.06. The Hall–Kier alpha value is -1.55. The van der Waals surface area contributed by atoms with Gasteiger partial charge in [-0.3, -0.25) is 9.59 Å². The molecule has 1 amide bonds. The molecule has 0 aromatic heterocycles. The molecule has 110 valence electrons. The van der Waals surface area contributed by atoms with Crippen LogP contribution in [0.4, 0.5) is 0 Å². The zero-order valence-corrected chi connectivity index (χ0v) is 12.4. The highest BCUT2D eigenvalue weighted by atomic mass is 35.5. The smallest absolute Gasteiger partial charge is 0.303 e. The lowest BCUT2D eigenvalue weighted by Gasteiger charge is -2.08. The van der Waals surface area contributed by atoms with Crippen LogP contribution in [0.25, 0.3) is 0 Å². The number of benzene rings is 1. The summed E-state index contributed by atoms with van der Waals surface area (Å²) < 4.78 is 0. The maximum atomic E-state index is 11.9. The molecule has 0 aliphatic rings. The summed E-state index contributed by atoms with van der Waals surface area (Å²) in [4.78, 5) is 22.2. The monoisotopic (exact) mass is 297 g/mol. The third-order valence-corrected chi connectivity index (χ3v) is 3.27. The molecule has 0 heterocycles. The van der Waals surface area contributed by atoms with E-state index in [0.717, 1.165) is 24.8 Å². The molecule has 0 spiro atoms. The number of halogens is 1. The SMILES string of the molecule is Cc1cc(Cl)ccc1C(=O)NCCCCCCC(=O)O. The van der Waals surface area contributed by atoms with Crippen LogP contribution in [0.1, 0.15) is 48.0 Å². The van der Waals surface area contributed by atoms with Crippen molar-refractivity contribution in [3.63, 3.8) is 0 Å². The predicted octanol–water partition coefficient (Wildman–Crippen LogP) is 3.41. The number of hydrogen-bond donors (Lipinski definition) is 2.